The number of alkyl halides is 3. The summed E-state index contributed by atoms with van der Waals surface area (Å²) in [4.78, 5) is 4.06. The van der Waals surface area contributed by atoms with Gasteiger partial charge in [0.25, 0.3) is 0 Å². The van der Waals surface area contributed by atoms with Gasteiger partial charge in [-0.15, -0.1) is 24.0 Å². The van der Waals surface area contributed by atoms with E-state index < -0.39 is 18.6 Å². The average molecular weight is 533 g/mol. The predicted octanol–water partition coefficient (Wildman–Crippen LogP) is 4.43. The summed E-state index contributed by atoms with van der Waals surface area (Å²) in [6, 6.07) is 4.62. The molecule has 5 nitrogen and oxygen atoms in total. The van der Waals surface area contributed by atoms with Gasteiger partial charge in [0.2, 0.25) is 0 Å². The van der Waals surface area contributed by atoms with Gasteiger partial charge in [-0.05, 0) is 49.8 Å². The molecule has 1 aromatic rings. The van der Waals surface area contributed by atoms with Crippen LogP contribution in [0.25, 0.3) is 0 Å². The monoisotopic (exact) mass is 533 g/mol. The maximum Gasteiger partial charge on any atom is 0.411 e. The zero-order valence-corrected chi connectivity index (χ0v) is 18.9. The molecule has 1 aliphatic carbocycles. The van der Waals surface area contributed by atoms with Crippen molar-refractivity contribution in [3.8, 4) is 5.75 Å². The van der Waals surface area contributed by atoms with Crippen molar-refractivity contribution in [3.05, 3.63) is 29.6 Å². The first kappa shape index (κ1) is 25.7. The van der Waals surface area contributed by atoms with Gasteiger partial charge >= 0.3 is 6.18 Å². The third-order valence-electron chi connectivity index (χ3n) is 4.23. The summed E-state index contributed by atoms with van der Waals surface area (Å²) in [6.07, 6.45) is -1.64. The van der Waals surface area contributed by atoms with Crippen molar-refractivity contribution in [2.75, 3.05) is 33.4 Å². The molecule has 0 spiro atoms. The fourth-order valence-electron chi connectivity index (χ4n) is 2.45. The van der Waals surface area contributed by atoms with E-state index in [9.17, 15) is 17.6 Å². The SMILES string of the molecule is CN=C(NCCCOCC(F)(F)F)NC(C)c1ccc(OCC2CC2)c(F)c1.I. The highest BCUT2D eigenvalue weighted by atomic mass is 127. The lowest BCUT2D eigenvalue weighted by atomic mass is 10.1. The van der Waals surface area contributed by atoms with E-state index in [1.807, 2.05) is 6.92 Å². The van der Waals surface area contributed by atoms with Gasteiger partial charge in [-0.1, -0.05) is 6.07 Å². The van der Waals surface area contributed by atoms with Crippen molar-refractivity contribution in [1.82, 2.24) is 10.6 Å². The van der Waals surface area contributed by atoms with Crippen LogP contribution in [0.5, 0.6) is 5.75 Å². The van der Waals surface area contributed by atoms with Crippen molar-refractivity contribution in [2.24, 2.45) is 10.9 Å². The highest BCUT2D eigenvalue weighted by Gasteiger charge is 2.27. The minimum Gasteiger partial charge on any atom is -0.490 e. The van der Waals surface area contributed by atoms with Crippen LogP contribution in [0.4, 0.5) is 17.6 Å². The fraction of sp³-hybridized carbons (Fsp3) is 0.632. The summed E-state index contributed by atoms with van der Waals surface area (Å²) in [5.74, 6) is 0.867. The van der Waals surface area contributed by atoms with E-state index in [1.54, 1.807) is 19.2 Å². The van der Waals surface area contributed by atoms with Crippen molar-refractivity contribution in [1.29, 1.82) is 0 Å². The van der Waals surface area contributed by atoms with Gasteiger partial charge in [-0.25, -0.2) is 4.39 Å². The minimum absolute atomic E-state index is 0. The van der Waals surface area contributed by atoms with E-state index in [2.05, 4.69) is 20.4 Å². The zero-order chi connectivity index (χ0) is 20.6. The third-order valence-corrected chi connectivity index (χ3v) is 4.23. The molecule has 0 heterocycles. The Kier molecular flexibility index (Phi) is 11.0. The molecule has 0 bridgehead atoms. The van der Waals surface area contributed by atoms with Crippen LogP contribution in [0.1, 0.15) is 37.8 Å². The second kappa shape index (κ2) is 12.4. The number of halogens is 5. The number of rotatable bonds is 10. The van der Waals surface area contributed by atoms with Crippen LogP contribution < -0.4 is 15.4 Å². The Hall–Kier alpha value is -1.30. The molecule has 0 radical (unpaired) electrons. The van der Waals surface area contributed by atoms with E-state index >= 15 is 0 Å². The normalized spacial score (nSPS) is 15.4. The number of hydrogen-bond acceptors (Lipinski definition) is 3. The largest absolute Gasteiger partial charge is 0.490 e. The van der Waals surface area contributed by atoms with Crippen molar-refractivity contribution < 1.29 is 27.0 Å². The Morgan fingerprint density at radius 1 is 1.31 bits per heavy atom. The van der Waals surface area contributed by atoms with Crippen LogP contribution >= 0.6 is 24.0 Å². The first-order valence-corrected chi connectivity index (χ1v) is 9.32. The van der Waals surface area contributed by atoms with Crippen LogP contribution in [0, 0.1) is 11.7 Å². The number of nitrogens with zero attached hydrogens (tertiary/aromatic N) is 1. The Morgan fingerprint density at radius 2 is 2.03 bits per heavy atom. The number of guanidine groups is 1. The predicted molar refractivity (Wildman–Crippen MR) is 114 cm³/mol. The summed E-state index contributed by atoms with van der Waals surface area (Å²) in [7, 11) is 1.58. The molecule has 1 aromatic carbocycles. The lowest BCUT2D eigenvalue weighted by Crippen LogP contribution is -2.39. The van der Waals surface area contributed by atoms with E-state index in [1.165, 1.54) is 6.07 Å². The van der Waals surface area contributed by atoms with Crippen LogP contribution in [0.3, 0.4) is 0 Å². The van der Waals surface area contributed by atoms with Crippen LogP contribution in [0.2, 0.25) is 0 Å². The molecule has 1 atom stereocenters. The van der Waals surface area contributed by atoms with Gasteiger partial charge < -0.3 is 20.1 Å². The molecule has 2 N–H and O–H groups in total. The lowest BCUT2D eigenvalue weighted by molar-refractivity contribution is -0.173. The Morgan fingerprint density at radius 3 is 2.62 bits per heavy atom. The van der Waals surface area contributed by atoms with Gasteiger partial charge in [0.05, 0.1) is 12.6 Å². The number of aliphatic imine (C=N–C) groups is 1. The molecule has 0 aromatic heterocycles. The van der Waals surface area contributed by atoms with Crippen LogP contribution in [-0.2, 0) is 4.74 Å². The summed E-state index contributed by atoms with van der Waals surface area (Å²) in [5, 5.41) is 6.11. The van der Waals surface area contributed by atoms with Gasteiger partial charge in [-0.2, -0.15) is 13.2 Å². The maximum atomic E-state index is 14.2. The minimum atomic E-state index is -4.31. The van der Waals surface area contributed by atoms with Crippen molar-refractivity contribution in [3.63, 3.8) is 0 Å². The van der Waals surface area contributed by atoms with E-state index in [4.69, 9.17) is 4.74 Å². The van der Waals surface area contributed by atoms with Crippen molar-refractivity contribution in [2.45, 2.75) is 38.4 Å². The van der Waals surface area contributed by atoms with Gasteiger partial charge in [0.15, 0.2) is 17.5 Å². The highest BCUT2D eigenvalue weighted by Crippen LogP contribution is 2.30. The molecule has 2 rings (SSSR count). The summed E-state index contributed by atoms with van der Waals surface area (Å²) in [5.41, 5.74) is 0.729. The molecular formula is C19H28F4IN3O2. The Bertz CT molecular complexity index is 655. The van der Waals surface area contributed by atoms with E-state index in [0.29, 0.717) is 31.4 Å². The first-order chi connectivity index (χ1) is 13.3. The van der Waals surface area contributed by atoms with E-state index in [0.717, 1.165) is 18.4 Å². The van der Waals surface area contributed by atoms with Crippen LogP contribution in [0.15, 0.2) is 23.2 Å². The molecule has 29 heavy (non-hydrogen) atoms. The second-order valence-corrected chi connectivity index (χ2v) is 6.83. The Labute approximate surface area is 185 Å². The standard InChI is InChI=1S/C19H27F4N3O2.HI/c1-13(15-6-7-17(16(20)10-15)28-11-14-4-5-14)26-18(24-2)25-8-3-9-27-12-19(21,22)23;/h6-7,10,13-14H,3-5,8-9,11-12H2,1-2H3,(H2,24,25,26);1H. The molecule has 0 aliphatic heterocycles. The third kappa shape index (κ3) is 10.3. The molecule has 1 aliphatic rings. The summed E-state index contributed by atoms with van der Waals surface area (Å²) in [6.45, 7) is 1.55. The molecule has 10 heteroatoms. The quantitative estimate of drug-likeness (QED) is 0.154. The Balaban J connectivity index is 0.00000420. The number of ether oxygens (including phenoxy) is 2. The molecule has 0 amide bonds. The zero-order valence-electron chi connectivity index (χ0n) is 16.5. The second-order valence-electron chi connectivity index (χ2n) is 6.83. The summed E-state index contributed by atoms with van der Waals surface area (Å²) < 4.78 is 60.2. The molecule has 1 saturated carbocycles. The maximum absolute atomic E-state index is 14.2. The number of nitrogens with one attached hydrogen (secondary N) is 2. The fourth-order valence-corrected chi connectivity index (χ4v) is 2.45. The van der Waals surface area contributed by atoms with Gasteiger partial charge in [-0.3, -0.25) is 4.99 Å². The van der Waals surface area contributed by atoms with Crippen LogP contribution in [-0.4, -0.2) is 45.5 Å². The average Bonchev–Trinajstić information content (AvgIpc) is 3.45. The molecule has 0 saturated heterocycles. The summed E-state index contributed by atoms with van der Waals surface area (Å²) >= 11 is 0. The number of benzene rings is 1. The molecule has 166 valence electrons. The molecule has 1 unspecified atom stereocenters. The molecule has 1 fully saturated rings. The van der Waals surface area contributed by atoms with Gasteiger partial charge in [0.1, 0.15) is 6.61 Å². The highest BCUT2D eigenvalue weighted by molar-refractivity contribution is 14.0. The molecular weight excluding hydrogens is 505 g/mol. The van der Waals surface area contributed by atoms with Gasteiger partial charge in [0, 0.05) is 20.2 Å². The lowest BCUT2D eigenvalue weighted by Gasteiger charge is -2.19. The van der Waals surface area contributed by atoms with E-state index in [-0.39, 0.29) is 42.4 Å². The first-order valence-electron chi connectivity index (χ1n) is 9.32. The smallest absolute Gasteiger partial charge is 0.411 e. The number of hydrogen-bond donors (Lipinski definition) is 2. The van der Waals surface area contributed by atoms with Crippen molar-refractivity contribution >= 4 is 29.9 Å². The topological polar surface area (TPSA) is 54.9 Å².